The quantitative estimate of drug-likeness (QED) is 0.162. The second-order valence-electron chi connectivity index (χ2n) is 9.01. The molecule has 36 heavy (non-hydrogen) atoms. The molecule has 1 saturated carbocycles. The van der Waals surface area contributed by atoms with Crippen LogP contribution >= 0.6 is 23.2 Å². The number of anilines is 3. The molecule has 0 aromatic heterocycles. The van der Waals surface area contributed by atoms with Crippen LogP contribution in [0.25, 0.3) is 5.70 Å². The number of nitrogen functional groups attached to an aromatic ring is 1. The summed E-state index contributed by atoms with van der Waals surface area (Å²) in [6.07, 6.45) is 0. The molecule has 0 radical (unpaired) electrons. The van der Waals surface area contributed by atoms with Crippen LogP contribution in [-0.2, 0) is 0 Å². The smallest absolute Gasteiger partial charge is 0.172 e. The van der Waals surface area contributed by atoms with Gasteiger partial charge < -0.3 is 16.4 Å². The van der Waals surface area contributed by atoms with Crippen LogP contribution in [0.5, 0.6) is 0 Å². The van der Waals surface area contributed by atoms with Gasteiger partial charge in [-0.05, 0) is 55.3 Å². The van der Waals surface area contributed by atoms with Gasteiger partial charge in [-0.1, -0.05) is 36.9 Å². The van der Waals surface area contributed by atoms with E-state index < -0.39 is 28.0 Å². The molecule has 0 heterocycles. The van der Waals surface area contributed by atoms with Gasteiger partial charge in [0.25, 0.3) is 0 Å². The number of nitrogens with two attached hydrogens (primary N) is 1. The number of aryl methyl sites for hydroxylation is 1. The van der Waals surface area contributed by atoms with Gasteiger partial charge in [-0.15, -0.1) is 11.6 Å². The van der Waals surface area contributed by atoms with Gasteiger partial charge in [-0.25, -0.2) is 17.6 Å². The average molecular weight is 536 g/mol. The van der Waals surface area contributed by atoms with Crippen LogP contribution in [0, 0.1) is 36.1 Å². The number of hydrogen-bond acceptors (Lipinski definition) is 3. The molecule has 2 unspecified atom stereocenters. The lowest BCUT2D eigenvalue weighted by Gasteiger charge is -2.16. The minimum atomic E-state index is -1.01. The van der Waals surface area contributed by atoms with Crippen LogP contribution in [0.3, 0.4) is 0 Å². The lowest BCUT2D eigenvalue weighted by atomic mass is 10.0. The summed E-state index contributed by atoms with van der Waals surface area (Å²) in [5.41, 5.74) is 7.03. The van der Waals surface area contributed by atoms with E-state index >= 15 is 0 Å². The second kappa shape index (κ2) is 9.37. The minimum absolute atomic E-state index is 0.0614. The second-order valence-corrected chi connectivity index (χ2v) is 10.2. The summed E-state index contributed by atoms with van der Waals surface area (Å²) >= 11 is 12.9. The van der Waals surface area contributed by atoms with Gasteiger partial charge in [0.1, 0.15) is 23.1 Å². The van der Waals surface area contributed by atoms with Crippen LogP contribution in [-0.4, -0.2) is 4.87 Å². The first-order chi connectivity index (χ1) is 16.8. The maximum atomic E-state index is 14.7. The summed E-state index contributed by atoms with van der Waals surface area (Å²) in [5, 5.41) is 5.49. The summed E-state index contributed by atoms with van der Waals surface area (Å²) in [5.74, 6) is -3.31. The fourth-order valence-corrected chi connectivity index (χ4v) is 5.11. The van der Waals surface area contributed by atoms with Crippen molar-refractivity contribution in [2.24, 2.45) is 5.92 Å². The SMILES string of the molecule is C=C(Nc1ccc(F)c(N)c1F)c1cc(NC(=C)C2[C@H](c3ccc(F)c(C)c3)C2(C)Cl)cc(F)c1Cl. The number of rotatable bonds is 7. The first kappa shape index (κ1) is 25.9. The number of nitrogens with one attached hydrogen (secondary N) is 2. The highest BCUT2D eigenvalue weighted by Gasteiger charge is 2.62. The highest BCUT2D eigenvalue weighted by molar-refractivity contribution is 6.32. The summed E-state index contributed by atoms with van der Waals surface area (Å²) in [6, 6.07) is 9.69. The van der Waals surface area contributed by atoms with E-state index in [0.717, 1.165) is 17.7 Å². The Morgan fingerprint density at radius 3 is 2.31 bits per heavy atom. The van der Waals surface area contributed by atoms with Crippen molar-refractivity contribution < 1.29 is 17.6 Å². The van der Waals surface area contributed by atoms with E-state index in [0.29, 0.717) is 16.9 Å². The number of alkyl halides is 1. The van der Waals surface area contributed by atoms with E-state index in [1.165, 1.54) is 18.2 Å². The lowest BCUT2D eigenvalue weighted by molar-refractivity contribution is 0.594. The van der Waals surface area contributed by atoms with Crippen LogP contribution in [0.1, 0.15) is 29.5 Å². The number of benzene rings is 3. The van der Waals surface area contributed by atoms with Crippen molar-refractivity contribution in [3.8, 4) is 0 Å². The summed E-state index contributed by atoms with van der Waals surface area (Å²) in [4.78, 5) is -0.673. The van der Waals surface area contributed by atoms with E-state index in [2.05, 4.69) is 23.8 Å². The van der Waals surface area contributed by atoms with Crippen LogP contribution in [0.15, 0.2) is 61.3 Å². The molecule has 0 saturated heterocycles. The largest absolute Gasteiger partial charge is 0.394 e. The molecule has 1 aliphatic rings. The maximum absolute atomic E-state index is 14.7. The average Bonchev–Trinajstić information content (AvgIpc) is 3.40. The molecule has 1 fully saturated rings. The Morgan fingerprint density at radius 2 is 1.64 bits per heavy atom. The van der Waals surface area contributed by atoms with Crippen LogP contribution in [0.4, 0.5) is 34.6 Å². The van der Waals surface area contributed by atoms with Gasteiger partial charge in [0.15, 0.2) is 5.82 Å². The zero-order chi connectivity index (χ0) is 26.5. The predicted molar refractivity (Wildman–Crippen MR) is 139 cm³/mol. The van der Waals surface area contributed by atoms with Crippen molar-refractivity contribution in [3.05, 3.63) is 106 Å². The Morgan fingerprint density at radius 1 is 0.972 bits per heavy atom. The maximum Gasteiger partial charge on any atom is 0.172 e. The third-order valence-electron chi connectivity index (χ3n) is 6.43. The molecule has 0 bridgehead atoms. The molecular weight excluding hydrogens is 513 g/mol. The molecule has 3 aromatic carbocycles. The Labute approximate surface area is 216 Å². The zero-order valence-corrected chi connectivity index (χ0v) is 21.0. The summed E-state index contributed by atoms with van der Waals surface area (Å²) < 4.78 is 56.2. The number of hydrogen-bond donors (Lipinski definition) is 3. The molecule has 4 rings (SSSR count). The van der Waals surface area contributed by atoms with Gasteiger partial charge in [-0.2, -0.15) is 0 Å². The Balaban J connectivity index is 1.56. The van der Waals surface area contributed by atoms with Crippen LogP contribution < -0.4 is 16.4 Å². The van der Waals surface area contributed by atoms with E-state index in [-0.39, 0.29) is 39.6 Å². The van der Waals surface area contributed by atoms with Gasteiger partial charge >= 0.3 is 0 Å². The number of halogens is 6. The molecule has 3 atom stereocenters. The molecule has 3 aromatic rings. The molecule has 3 nitrogen and oxygen atoms in total. The first-order valence-electron chi connectivity index (χ1n) is 10.9. The van der Waals surface area contributed by atoms with Crippen molar-refractivity contribution in [2.75, 3.05) is 16.4 Å². The minimum Gasteiger partial charge on any atom is -0.394 e. The van der Waals surface area contributed by atoms with Crippen molar-refractivity contribution in [2.45, 2.75) is 24.6 Å². The molecular formula is C27H23Cl2F4N3. The summed E-state index contributed by atoms with van der Waals surface area (Å²) in [7, 11) is 0. The fourth-order valence-electron chi connectivity index (χ4n) is 4.44. The van der Waals surface area contributed by atoms with Crippen molar-refractivity contribution in [1.82, 2.24) is 0 Å². The highest BCUT2D eigenvalue weighted by atomic mass is 35.5. The normalized spacial score (nSPS) is 20.7. The zero-order valence-electron chi connectivity index (χ0n) is 19.5. The molecule has 0 amide bonds. The molecule has 0 spiro atoms. The van der Waals surface area contributed by atoms with E-state index in [4.69, 9.17) is 28.9 Å². The highest BCUT2D eigenvalue weighted by Crippen LogP contribution is 2.64. The summed E-state index contributed by atoms with van der Waals surface area (Å²) in [6.45, 7) is 11.4. The first-order valence-corrected chi connectivity index (χ1v) is 11.7. The molecule has 1 aliphatic carbocycles. The Bertz CT molecular complexity index is 1400. The monoisotopic (exact) mass is 535 g/mol. The third-order valence-corrected chi connectivity index (χ3v) is 7.28. The van der Waals surface area contributed by atoms with Gasteiger partial charge in [0.05, 0.1) is 15.6 Å². The van der Waals surface area contributed by atoms with Crippen molar-refractivity contribution in [3.63, 3.8) is 0 Å². The Hall–Kier alpha value is -3.16. The van der Waals surface area contributed by atoms with Crippen LogP contribution in [0.2, 0.25) is 5.02 Å². The molecule has 4 N–H and O–H groups in total. The fraction of sp³-hybridized carbons (Fsp3) is 0.185. The molecule has 0 aliphatic heterocycles. The van der Waals surface area contributed by atoms with Gasteiger partial charge in [-0.3, -0.25) is 0 Å². The van der Waals surface area contributed by atoms with E-state index in [1.807, 2.05) is 6.92 Å². The standard InChI is InChI=1S/C27H23Cl2F4N3/c1-12-9-15(5-6-18(12)30)23-22(27(23,4)29)14(3)35-16-10-17(24(28)20(32)11-16)13(2)36-21-8-7-19(31)26(34)25(21)33/h5-11,22-23,35-36H,2-3,34H2,1,4H3/t22?,23-,27?/m0/s1. The van der Waals surface area contributed by atoms with Gasteiger partial charge in [0, 0.05) is 34.5 Å². The topological polar surface area (TPSA) is 50.1 Å². The predicted octanol–water partition coefficient (Wildman–Crippen LogP) is 8.21. The Kier molecular flexibility index (Phi) is 6.75. The van der Waals surface area contributed by atoms with Crippen molar-refractivity contribution >= 4 is 46.0 Å². The van der Waals surface area contributed by atoms with Gasteiger partial charge in [0.2, 0.25) is 0 Å². The lowest BCUT2D eigenvalue weighted by Crippen LogP contribution is -2.08. The van der Waals surface area contributed by atoms with E-state index in [1.54, 1.807) is 19.1 Å². The molecule has 188 valence electrons. The third kappa shape index (κ3) is 4.65. The number of allylic oxidation sites excluding steroid dienone is 1. The van der Waals surface area contributed by atoms with Crippen molar-refractivity contribution in [1.29, 1.82) is 0 Å². The molecule has 9 heteroatoms. The van der Waals surface area contributed by atoms with E-state index in [9.17, 15) is 17.6 Å².